The lowest BCUT2D eigenvalue weighted by Gasteiger charge is -2.58. The Bertz CT molecular complexity index is 872. The smallest absolute Gasteiger partial charge is 0.186 e. The second-order valence-electron chi connectivity index (χ2n) is 15.0. The van der Waals surface area contributed by atoms with Crippen molar-refractivity contribution < 1.29 is 29.9 Å². The molecule has 5 aliphatic rings. The van der Waals surface area contributed by atoms with E-state index in [1.54, 1.807) is 0 Å². The molecule has 4 aliphatic carbocycles. The maximum absolute atomic E-state index is 10.5. The summed E-state index contributed by atoms with van der Waals surface area (Å²) < 4.78 is 11.9. The van der Waals surface area contributed by atoms with Gasteiger partial charge in [-0.15, -0.1) is 0 Å². The first-order valence-corrected chi connectivity index (χ1v) is 16.1. The molecule has 39 heavy (non-hydrogen) atoms. The third-order valence-corrected chi connectivity index (χ3v) is 12.4. The van der Waals surface area contributed by atoms with E-state index >= 15 is 0 Å². The van der Waals surface area contributed by atoms with Crippen molar-refractivity contribution >= 4 is 0 Å². The summed E-state index contributed by atoms with van der Waals surface area (Å²) in [5.41, 5.74) is 2.20. The number of hydrogen-bond acceptors (Lipinski definition) is 6. The van der Waals surface area contributed by atoms with Gasteiger partial charge in [0.05, 0.1) is 12.7 Å². The number of allylic oxidation sites excluding steroid dienone is 1. The SMILES string of the molecule is CC(C)CCC[C@@H](C)[C@H]1CC[C@H]2[C@@H]3CC=C4C[C@@H](O[C@H]5O[C@H](CO)[C@@H](O)[C@@H](O)[C@H]5O)CC[C@]4(C)[C@H]3CC[C@]12C. The van der Waals surface area contributed by atoms with Crippen molar-refractivity contribution in [1.82, 2.24) is 0 Å². The molecule has 0 aromatic heterocycles. The molecule has 4 N–H and O–H groups in total. The lowest BCUT2D eigenvalue weighted by Crippen LogP contribution is -2.60. The minimum atomic E-state index is -1.39. The van der Waals surface area contributed by atoms with Crippen LogP contribution in [0.2, 0.25) is 0 Å². The van der Waals surface area contributed by atoms with E-state index in [9.17, 15) is 20.4 Å². The fraction of sp³-hybridized carbons (Fsp3) is 0.939. The van der Waals surface area contributed by atoms with Crippen LogP contribution in [0, 0.1) is 46.3 Å². The Morgan fingerprint density at radius 2 is 1.72 bits per heavy atom. The largest absolute Gasteiger partial charge is 0.394 e. The monoisotopic (exact) mass is 548 g/mol. The zero-order chi connectivity index (χ0) is 28.1. The molecule has 1 heterocycles. The Labute approximate surface area is 236 Å². The van der Waals surface area contributed by atoms with Gasteiger partial charge in [0, 0.05) is 0 Å². The highest BCUT2D eigenvalue weighted by Gasteiger charge is 2.59. The van der Waals surface area contributed by atoms with Crippen LogP contribution in [0.4, 0.5) is 0 Å². The Hall–Kier alpha value is -0.500. The molecular formula is C33H56O6. The van der Waals surface area contributed by atoms with Gasteiger partial charge in [0.1, 0.15) is 24.4 Å². The predicted octanol–water partition coefficient (Wildman–Crippen LogP) is 5.21. The summed E-state index contributed by atoms with van der Waals surface area (Å²) >= 11 is 0. The second kappa shape index (κ2) is 11.6. The molecule has 0 aromatic carbocycles. The third kappa shape index (κ3) is 5.41. The average molecular weight is 549 g/mol. The molecule has 4 fully saturated rings. The Balaban J connectivity index is 1.24. The minimum Gasteiger partial charge on any atom is -0.394 e. The fourth-order valence-electron chi connectivity index (χ4n) is 10.1. The van der Waals surface area contributed by atoms with E-state index in [0.717, 1.165) is 54.8 Å². The maximum Gasteiger partial charge on any atom is 0.186 e. The van der Waals surface area contributed by atoms with Crippen molar-refractivity contribution in [1.29, 1.82) is 0 Å². The number of rotatable bonds is 8. The third-order valence-electron chi connectivity index (χ3n) is 12.4. The molecule has 0 bridgehead atoms. The molecule has 6 nitrogen and oxygen atoms in total. The number of ether oxygens (including phenoxy) is 2. The van der Waals surface area contributed by atoms with Gasteiger partial charge < -0.3 is 29.9 Å². The van der Waals surface area contributed by atoms with Crippen LogP contribution in [-0.2, 0) is 9.47 Å². The average Bonchev–Trinajstić information content (AvgIpc) is 3.26. The van der Waals surface area contributed by atoms with Gasteiger partial charge in [0.25, 0.3) is 0 Å². The molecule has 3 saturated carbocycles. The van der Waals surface area contributed by atoms with E-state index < -0.39 is 37.3 Å². The van der Waals surface area contributed by atoms with Crippen molar-refractivity contribution in [3.8, 4) is 0 Å². The van der Waals surface area contributed by atoms with Crippen LogP contribution in [0.5, 0.6) is 0 Å². The van der Waals surface area contributed by atoms with Crippen LogP contribution in [0.3, 0.4) is 0 Å². The zero-order valence-electron chi connectivity index (χ0n) is 25.1. The fourth-order valence-corrected chi connectivity index (χ4v) is 10.1. The van der Waals surface area contributed by atoms with E-state index in [4.69, 9.17) is 9.47 Å². The van der Waals surface area contributed by atoms with Gasteiger partial charge in [0.2, 0.25) is 0 Å². The molecule has 6 heteroatoms. The van der Waals surface area contributed by atoms with Crippen molar-refractivity contribution in [2.75, 3.05) is 6.61 Å². The number of hydrogen-bond donors (Lipinski definition) is 4. The van der Waals surface area contributed by atoms with Gasteiger partial charge in [-0.2, -0.15) is 0 Å². The summed E-state index contributed by atoms with van der Waals surface area (Å²) in [5, 5.41) is 40.3. The summed E-state index contributed by atoms with van der Waals surface area (Å²) in [6.45, 7) is 12.0. The summed E-state index contributed by atoms with van der Waals surface area (Å²) in [4.78, 5) is 0. The highest BCUT2D eigenvalue weighted by atomic mass is 16.7. The zero-order valence-corrected chi connectivity index (χ0v) is 25.1. The van der Waals surface area contributed by atoms with E-state index in [2.05, 4.69) is 40.7 Å². The molecule has 0 spiro atoms. The standard InChI is InChI=1S/C33H56O6/c1-19(2)7-6-8-20(3)24-11-12-25-23-10-9-21-17-22(13-15-32(21,4)26(23)14-16-33(24,25)5)38-31-30(37)29(36)28(35)27(18-34)39-31/h9,19-20,22-31,34-37H,6-8,10-18H2,1-5H3/t20-,22+,23+,24-,25+,26+,27-,28-,29-,30-,31+,32+,33-/m1/s1. The Kier molecular flexibility index (Phi) is 8.95. The van der Waals surface area contributed by atoms with Crippen LogP contribution in [0.25, 0.3) is 0 Å². The normalized spacial score (nSPS) is 48.7. The number of fused-ring (bicyclic) bond motifs is 5. The maximum atomic E-state index is 10.5. The molecular weight excluding hydrogens is 492 g/mol. The quantitative estimate of drug-likeness (QED) is 0.311. The molecule has 0 radical (unpaired) electrons. The number of aliphatic hydroxyl groups excluding tert-OH is 4. The summed E-state index contributed by atoms with van der Waals surface area (Å²) in [6.07, 6.45) is 9.98. The van der Waals surface area contributed by atoms with Crippen molar-refractivity contribution in [3.63, 3.8) is 0 Å². The first kappa shape index (κ1) is 30.0. The number of aliphatic hydroxyl groups is 4. The Morgan fingerprint density at radius 1 is 0.949 bits per heavy atom. The van der Waals surface area contributed by atoms with Crippen molar-refractivity contribution in [2.24, 2.45) is 46.3 Å². The Morgan fingerprint density at radius 3 is 2.44 bits per heavy atom. The molecule has 0 unspecified atom stereocenters. The van der Waals surface area contributed by atoms with E-state index in [1.165, 1.54) is 56.9 Å². The van der Waals surface area contributed by atoms with Gasteiger partial charge in [-0.25, -0.2) is 0 Å². The van der Waals surface area contributed by atoms with Gasteiger partial charge in [0.15, 0.2) is 6.29 Å². The van der Waals surface area contributed by atoms with Crippen LogP contribution in [0.15, 0.2) is 11.6 Å². The first-order valence-electron chi connectivity index (χ1n) is 16.1. The van der Waals surface area contributed by atoms with Crippen LogP contribution >= 0.6 is 0 Å². The first-order chi connectivity index (χ1) is 18.5. The molecule has 1 saturated heterocycles. The van der Waals surface area contributed by atoms with E-state index in [-0.39, 0.29) is 11.5 Å². The highest BCUT2D eigenvalue weighted by Crippen LogP contribution is 2.67. The molecule has 0 aromatic rings. The van der Waals surface area contributed by atoms with Gasteiger partial charge >= 0.3 is 0 Å². The van der Waals surface area contributed by atoms with E-state index in [0.29, 0.717) is 5.41 Å². The van der Waals surface area contributed by atoms with Crippen LogP contribution in [0.1, 0.15) is 105 Å². The molecule has 13 atom stereocenters. The summed E-state index contributed by atoms with van der Waals surface area (Å²) in [5.74, 6) is 4.87. The van der Waals surface area contributed by atoms with Crippen LogP contribution < -0.4 is 0 Å². The highest BCUT2D eigenvalue weighted by molar-refractivity contribution is 5.25. The van der Waals surface area contributed by atoms with E-state index in [1.807, 2.05) is 0 Å². The minimum absolute atomic E-state index is 0.0984. The summed E-state index contributed by atoms with van der Waals surface area (Å²) in [7, 11) is 0. The molecule has 5 rings (SSSR count). The molecule has 224 valence electrons. The molecule has 1 aliphatic heterocycles. The molecule has 0 amide bonds. The second-order valence-corrected chi connectivity index (χ2v) is 15.0. The topological polar surface area (TPSA) is 99.4 Å². The van der Waals surface area contributed by atoms with Gasteiger partial charge in [-0.3, -0.25) is 0 Å². The van der Waals surface area contributed by atoms with Crippen molar-refractivity contribution in [3.05, 3.63) is 11.6 Å². The lowest BCUT2D eigenvalue weighted by molar-refractivity contribution is -0.313. The van der Waals surface area contributed by atoms with Crippen molar-refractivity contribution in [2.45, 2.75) is 142 Å². The lowest BCUT2D eigenvalue weighted by atomic mass is 9.47. The van der Waals surface area contributed by atoms with Crippen LogP contribution in [-0.4, -0.2) is 63.8 Å². The predicted molar refractivity (Wildman–Crippen MR) is 152 cm³/mol. The van der Waals surface area contributed by atoms with Gasteiger partial charge in [-0.05, 0) is 97.7 Å². The van der Waals surface area contributed by atoms with Gasteiger partial charge in [-0.1, -0.05) is 65.5 Å². The summed E-state index contributed by atoms with van der Waals surface area (Å²) in [6, 6.07) is 0.